The van der Waals surface area contributed by atoms with Crippen LogP contribution in [0.2, 0.25) is 0 Å². The number of pyridine rings is 1. The van der Waals surface area contributed by atoms with Gasteiger partial charge in [-0.1, -0.05) is 12.8 Å². The van der Waals surface area contributed by atoms with Gasteiger partial charge >= 0.3 is 0 Å². The normalized spacial score (nSPS) is 23.5. The zero-order valence-corrected chi connectivity index (χ0v) is 12.4. The second-order valence-electron chi connectivity index (χ2n) is 6.27. The molecule has 0 spiro atoms. The second kappa shape index (κ2) is 6.43. The molecule has 1 atom stereocenters. The van der Waals surface area contributed by atoms with E-state index >= 15 is 0 Å². The second-order valence-corrected chi connectivity index (χ2v) is 6.27. The van der Waals surface area contributed by atoms with Crippen LogP contribution in [-0.4, -0.2) is 41.5 Å². The molecule has 1 aliphatic heterocycles. The highest BCUT2D eigenvalue weighted by molar-refractivity contribution is 5.92. The summed E-state index contributed by atoms with van der Waals surface area (Å²) in [5.41, 5.74) is 5.66. The third-order valence-electron chi connectivity index (χ3n) is 4.78. The number of carbonyl (C=O) groups excluding carboxylic acids is 1. The highest BCUT2D eigenvalue weighted by Crippen LogP contribution is 2.28. The summed E-state index contributed by atoms with van der Waals surface area (Å²) in [5.74, 6) is 1.08. The molecule has 0 unspecified atom stereocenters. The van der Waals surface area contributed by atoms with Gasteiger partial charge in [0.25, 0.3) is 0 Å². The Morgan fingerprint density at radius 3 is 2.81 bits per heavy atom. The maximum atomic E-state index is 11.0. The number of carbonyl (C=O) groups is 1. The number of likely N-dealkylation sites (tertiary alicyclic amines) is 1. The van der Waals surface area contributed by atoms with Crippen molar-refractivity contribution in [3.63, 3.8) is 0 Å². The number of aromatic nitrogens is 1. The molecule has 1 saturated heterocycles. The van der Waals surface area contributed by atoms with Crippen LogP contribution in [0.3, 0.4) is 0 Å². The van der Waals surface area contributed by atoms with Crippen molar-refractivity contribution in [1.82, 2.24) is 9.88 Å². The zero-order chi connectivity index (χ0) is 14.7. The Morgan fingerprint density at radius 1 is 1.33 bits per heavy atom. The predicted molar refractivity (Wildman–Crippen MR) is 83.2 cm³/mol. The van der Waals surface area contributed by atoms with Gasteiger partial charge in [-0.25, -0.2) is 4.98 Å². The number of nitrogens with zero attached hydrogens (tertiary/aromatic N) is 2. The van der Waals surface area contributed by atoms with Crippen molar-refractivity contribution in [1.29, 1.82) is 0 Å². The van der Waals surface area contributed by atoms with Crippen molar-refractivity contribution in [3.05, 3.63) is 23.9 Å². The molecule has 5 heteroatoms. The van der Waals surface area contributed by atoms with Crippen LogP contribution in [-0.2, 0) is 0 Å². The lowest BCUT2D eigenvalue weighted by molar-refractivity contribution is 0.1000. The number of hydrogen-bond donors (Lipinski definition) is 2. The summed E-state index contributed by atoms with van der Waals surface area (Å²) < 4.78 is 0. The molecule has 0 bridgehead atoms. The smallest absolute Gasteiger partial charge is 0.250 e. The van der Waals surface area contributed by atoms with E-state index in [9.17, 15) is 4.79 Å². The topological polar surface area (TPSA) is 71.2 Å². The van der Waals surface area contributed by atoms with Crippen LogP contribution >= 0.6 is 0 Å². The Balaban J connectivity index is 1.46. The van der Waals surface area contributed by atoms with Crippen molar-refractivity contribution in [2.24, 2.45) is 11.7 Å². The Morgan fingerprint density at radius 2 is 2.14 bits per heavy atom. The van der Waals surface area contributed by atoms with E-state index in [1.54, 1.807) is 6.07 Å². The molecule has 2 heterocycles. The van der Waals surface area contributed by atoms with Gasteiger partial charge in [0.2, 0.25) is 5.91 Å². The summed E-state index contributed by atoms with van der Waals surface area (Å²) in [5, 5.41) is 3.37. The van der Waals surface area contributed by atoms with Crippen LogP contribution in [0.1, 0.15) is 42.5 Å². The summed E-state index contributed by atoms with van der Waals surface area (Å²) in [6, 6.07) is 4.38. The summed E-state index contributed by atoms with van der Waals surface area (Å²) in [6.07, 6.45) is 8.38. The van der Waals surface area contributed by atoms with Gasteiger partial charge in [0.05, 0.1) is 5.56 Å². The maximum Gasteiger partial charge on any atom is 0.250 e. The molecular weight excluding hydrogens is 264 g/mol. The van der Waals surface area contributed by atoms with E-state index in [-0.39, 0.29) is 0 Å². The molecule has 2 fully saturated rings. The van der Waals surface area contributed by atoms with Gasteiger partial charge in [-0.05, 0) is 43.9 Å². The first-order chi connectivity index (χ1) is 10.2. The molecule has 3 N–H and O–H groups in total. The fourth-order valence-corrected chi connectivity index (χ4v) is 3.52. The van der Waals surface area contributed by atoms with Gasteiger partial charge < -0.3 is 16.0 Å². The molecule has 2 aliphatic rings. The van der Waals surface area contributed by atoms with Crippen LogP contribution in [0, 0.1) is 5.92 Å². The quantitative estimate of drug-likeness (QED) is 0.867. The molecule has 114 valence electrons. The molecule has 1 saturated carbocycles. The SMILES string of the molecule is NC(=O)c1ccc(NC[C@H]2CCN(C3CCCC3)C2)nc1. The van der Waals surface area contributed by atoms with Crippen molar-refractivity contribution >= 4 is 11.7 Å². The third-order valence-corrected chi connectivity index (χ3v) is 4.78. The van der Waals surface area contributed by atoms with Gasteiger partial charge in [0.1, 0.15) is 5.82 Å². The average molecular weight is 288 g/mol. The van der Waals surface area contributed by atoms with E-state index in [0.29, 0.717) is 11.5 Å². The molecule has 1 amide bonds. The molecule has 1 aromatic rings. The van der Waals surface area contributed by atoms with E-state index in [1.165, 1.54) is 51.4 Å². The van der Waals surface area contributed by atoms with E-state index in [2.05, 4.69) is 15.2 Å². The Kier molecular flexibility index (Phi) is 4.39. The molecule has 0 aromatic carbocycles. The monoisotopic (exact) mass is 288 g/mol. The van der Waals surface area contributed by atoms with Crippen LogP contribution in [0.15, 0.2) is 18.3 Å². The first-order valence-corrected chi connectivity index (χ1v) is 7.96. The number of primary amides is 1. The maximum absolute atomic E-state index is 11.0. The number of hydrogen-bond acceptors (Lipinski definition) is 4. The average Bonchev–Trinajstić information content (AvgIpc) is 3.16. The highest BCUT2D eigenvalue weighted by Gasteiger charge is 2.29. The summed E-state index contributed by atoms with van der Waals surface area (Å²) in [4.78, 5) is 17.9. The number of rotatable bonds is 5. The van der Waals surface area contributed by atoms with Gasteiger partial charge in [-0.2, -0.15) is 0 Å². The Bertz CT molecular complexity index is 482. The van der Waals surface area contributed by atoms with Gasteiger partial charge in [-0.15, -0.1) is 0 Å². The first kappa shape index (κ1) is 14.3. The minimum Gasteiger partial charge on any atom is -0.370 e. The summed E-state index contributed by atoms with van der Waals surface area (Å²) in [6.45, 7) is 3.40. The molecule has 1 aliphatic carbocycles. The van der Waals surface area contributed by atoms with Crippen molar-refractivity contribution < 1.29 is 4.79 Å². The number of amides is 1. The van der Waals surface area contributed by atoms with Crippen LogP contribution in [0.25, 0.3) is 0 Å². The Hall–Kier alpha value is -1.62. The van der Waals surface area contributed by atoms with Gasteiger partial charge in [0.15, 0.2) is 0 Å². The lowest BCUT2D eigenvalue weighted by atomic mass is 10.1. The predicted octanol–water partition coefficient (Wildman–Crippen LogP) is 1.86. The molecular formula is C16H24N4O. The third kappa shape index (κ3) is 3.53. The fraction of sp³-hybridized carbons (Fsp3) is 0.625. The number of anilines is 1. The van der Waals surface area contributed by atoms with Crippen LogP contribution < -0.4 is 11.1 Å². The fourth-order valence-electron chi connectivity index (χ4n) is 3.52. The van der Waals surface area contributed by atoms with E-state index < -0.39 is 5.91 Å². The lowest BCUT2D eigenvalue weighted by Gasteiger charge is -2.23. The summed E-state index contributed by atoms with van der Waals surface area (Å²) in [7, 11) is 0. The van der Waals surface area contributed by atoms with Crippen LogP contribution in [0.4, 0.5) is 5.82 Å². The molecule has 1 aromatic heterocycles. The van der Waals surface area contributed by atoms with E-state index in [1.807, 2.05) is 6.07 Å². The standard InChI is InChI=1S/C16H24N4O/c17-16(21)13-5-6-15(19-10-13)18-9-12-7-8-20(11-12)14-3-1-2-4-14/h5-6,10,12,14H,1-4,7-9,11H2,(H2,17,21)(H,18,19)/t12-/m1/s1. The molecule has 3 rings (SSSR count). The van der Waals surface area contributed by atoms with Gasteiger partial charge in [-0.3, -0.25) is 4.79 Å². The van der Waals surface area contributed by atoms with Crippen LogP contribution in [0.5, 0.6) is 0 Å². The minimum absolute atomic E-state index is 0.433. The highest BCUT2D eigenvalue weighted by atomic mass is 16.1. The molecule has 21 heavy (non-hydrogen) atoms. The largest absolute Gasteiger partial charge is 0.370 e. The summed E-state index contributed by atoms with van der Waals surface area (Å²) >= 11 is 0. The van der Waals surface area contributed by atoms with Crippen molar-refractivity contribution in [2.75, 3.05) is 25.0 Å². The van der Waals surface area contributed by atoms with Gasteiger partial charge in [0, 0.05) is 25.3 Å². The van der Waals surface area contributed by atoms with E-state index in [0.717, 1.165) is 18.4 Å². The first-order valence-electron chi connectivity index (χ1n) is 7.96. The van der Waals surface area contributed by atoms with Crippen molar-refractivity contribution in [2.45, 2.75) is 38.1 Å². The minimum atomic E-state index is -0.433. The molecule has 0 radical (unpaired) electrons. The zero-order valence-electron chi connectivity index (χ0n) is 12.4. The number of nitrogens with two attached hydrogens (primary N) is 1. The molecule has 5 nitrogen and oxygen atoms in total. The lowest BCUT2D eigenvalue weighted by Crippen LogP contribution is -2.31. The Labute approximate surface area is 125 Å². The van der Waals surface area contributed by atoms with Crippen molar-refractivity contribution in [3.8, 4) is 0 Å². The van der Waals surface area contributed by atoms with E-state index in [4.69, 9.17) is 5.73 Å². The number of nitrogens with one attached hydrogen (secondary N) is 1.